The maximum atomic E-state index is 13.4. The number of ether oxygens (including phenoxy) is 1. The van der Waals surface area contributed by atoms with Gasteiger partial charge in [0.25, 0.3) is 0 Å². The molecule has 3 heteroatoms. The van der Waals surface area contributed by atoms with Gasteiger partial charge in [0.2, 0.25) is 0 Å². The van der Waals surface area contributed by atoms with E-state index in [4.69, 9.17) is 4.74 Å². The number of anilines is 1. The predicted molar refractivity (Wildman–Crippen MR) is 70.6 cm³/mol. The minimum Gasteiger partial charge on any atom is -0.496 e. The molecule has 0 saturated heterocycles. The van der Waals surface area contributed by atoms with Gasteiger partial charge < -0.3 is 10.1 Å². The number of halogens is 1. The zero-order valence-electron chi connectivity index (χ0n) is 10.2. The molecule has 0 spiro atoms. The molecule has 1 aliphatic rings. The van der Waals surface area contributed by atoms with E-state index in [0.717, 1.165) is 24.1 Å². The molecule has 0 saturated carbocycles. The molecule has 0 radical (unpaired) electrons. The van der Waals surface area contributed by atoms with Gasteiger partial charge in [-0.25, -0.2) is 4.39 Å². The fourth-order valence-electron chi connectivity index (χ4n) is 2.38. The molecule has 92 valence electrons. The summed E-state index contributed by atoms with van der Waals surface area (Å²) in [6.07, 6.45) is 1.01. The highest BCUT2D eigenvalue weighted by Gasteiger charge is 2.13. The second-order valence-corrected chi connectivity index (χ2v) is 4.39. The van der Waals surface area contributed by atoms with Crippen molar-refractivity contribution in [2.75, 3.05) is 19.0 Å². The van der Waals surface area contributed by atoms with Crippen LogP contribution in [0.5, 0.6) is 5.75 Å². The summed E-state index contributed by atoms with van der Waals surface area (Å²) in [5.74, 6) is 0.451. The fourth-order valence-corrected chi connectivity index (χ4v) is 2.38. The van der Waals surface area contributed by atoms with Gasteiger partial charge in [-0.05, 0) is 47.9 Å². The third-order valence-electron chi connectivity index (χ3n) is 3.29. The average molecular weight is 243 g/mol. The molecule has 0 aliphatic carbocycles. The Balaban J connectivity index is 2.12. The lowest BCUT2D eigenvalue weighted by Gasteiger charge is -2.10. The number of hydrogen-bond donors (Lipinski definition) is 1. The highest BCUT2D eigenvalue weighted by molar-refractivity contribution is 5.74. The van der Waals surface area contributed by atoms with Crippen LogP contribution in [0.1, 0.15) is 5.56 Å². The van der Waals surface area contributed by atoms with Crippen LogP contribution in [-0.4, -0.2) is 13.7 Å². The monoisotopic (exact) mass is 243 g/mol. The van der Waals surface area contributed by atoms with Gasteiger partial charge in [-0.2, -0.15) is 0 Å². The zero-order chi connectivity index (χ0) is 12.5. The van der Waals surface area contributed by atoms with E-state index in [-0.39, 0.29) is 5.82 Å². The van der Waals surface area contributed by atoms with Gasteiger partial charge in [-0.3, -0.25) is 0 Å². The van der Waals surface area contributed by atoms with Gasteiger partial charge in [0, 0.05) is 17.8 Å². The minimum atomic E-state index is -0.246. The highest BCUT2D eigenvalue weighted by Crippen LogP contribution is 2.34. The molecule has 2 aromatic rings. The van der Waals surface area contributed by atoms with Crippen LogP contribution in [-0.2, 0) is 6.42 Å². The van der Waals surface area contributed by atoms with Crippen LogP contribution in [0.3, 0.4) is 0 Å². The second kappa shape index (κ2) is 4.33. The van der Waals surface area contributed by atoms with Gasteiger partial charge in [0.15, 0.2) is 0 Å². The Morgan fingerprint density at radius 2 is 2.06 bits per heavy atom. The molecule has 0 amide bonds. The summed E-state index contributed by atoms with van der Waals surface area (Å²) in [5.41, 5.74) is 4.24. The van der Waals surface area contributed by atoms with Crippen LogP contribution in [0, 0.1) is 5.82 Å². The highest BCUT2D eigenvalue weighted by atomic mass is 19.1. The zero-order valence-corrected chi connectivity index (χ0v) is 10.2. The molecular formula is C15H14FNO. The summed E-state index contributed by atoms with van der Waals surface area (Å²) in [5, 5.41) is 3.31. The summed E-state index contributed by atoms with van der Waals surface area (Å²) >= 11 is 0. The van der Waals surface area contributed by atoms with Gasteiger partial charge in [-0.1, -0.05) is 6.07 Å². The van der Waals surface area contributed by atoms with E-state index >= 15 is 0 Å². The number of methoxy groups -OCH3 is 1. The topological polar surface area (TPSA) is 21.3 Å². The van der Waals surface area contributed by atoms with Gasteiger partial charge in [0.1, 0.15) is 11.6 Å². The number of nitrogens with one attached hydrogen (secondary N) is 1. The molecule has 18 heavy (non-hydrogen) atoms. The van der Waals surface area contributed by atoms with Crippen molar-refractivity contribution in [2.45, 2.75) is 6.42 Å². The molecule has 2 aromatic carbocycles. The third-order valence-corrected chi connectivity index (χ3v) is 3.29. The third kappa shape index (κ3) is 1.82. The fraction of sp³-hybridized carbons (Fsp3) is 0.200. The Morgan fingerprint density at radius 1 is 1.17 bits per heavy atom. The lowest BCUT2D eigenvalue weighted by molar-refractivity contribution is 0.415. The molecule has 2 nitrogen and oxygen atoms in total. The second-order valence-electron chi connectivity index (χ2n) is 4.39. The molecule has 0 fully saturated rings. The molecule has 0 unspecified atom stereocenters. The Hall–Kier alpha value is -2.03. The van der Waals surface area contributed by atoms with Crippen molar-refractivity contribution in [3.63, 3.8) is 0 Å². The standard InChI is InChI=1S/C15H14FNO/c1-18-15-5-3-12(16)9-13(15)10-2-4-14-11(8-10)6-7-17-14/h2-5,8-9,17H,6-7H2,1H3. The molecule has 1 N–H and O–H groups in total. The van der Waals surface area contributed by atoms with E-state index < -0.39 is 0 Å². The molecule has 1 aliphatic heterocycles. The van der Waals surface area contributed by atoms with E-state index in [1.807, 2.05) is 12.1 Å². The number of fused-ring (bicyclic) bond motifs is 1. The van der Waals surface area contributed by atoms with Crippen molar-refractivity contribution in [3.05, 3.63) is 47.8 Å². The first-order valence-electron chi connectivity index (χ1n) is 5.98. The van der Waals surface area contributed by atoms with Crippen LogP contribution >= 0.6 is 0 Å². The molecule has 0 aromatic heterocycles. The first kappa shape index (κ1) is 11.1. The minimum absolute atomic E-state index is 0.246. The summed E-state index contributed by atoms with van der Waals surface area (Å²) in [4.78, 5) is 0. The normalized spacial score (nSPS) is 13.0. The summed E-state index contributed by atoms with van der Waals surface area (Å²) in [7, 11) is 1.60. The Morgan fingerprint density at radius 3 is 2.89 bits per heavy atom. The van der Waals surface area contributed by atoms with Crippen LogP contribution in [0.2, 0.25) is 0 Å². The first-order chi connectivity index (χ1) is 8.78. The lowest BCUT2D eigenvalue weighted by atomic mass is 10.0. The molecule has 0 bridgehead atoms. The number of hydrogen-bond acceptors (Lipinski definition) is 2. The van der Waals surface area contributed by atoms with Crippen molar-refractivity contribution in [3.8, 4) is 16.9 Å². The quantitative estimate of drug-likeness (QED) is 0.872. The predicted octanol–water partition coefficient (Wildman–Crippen LogP) is 3.47. The Bertz CT molecular complexity index is 595. The van der Waals surface area contributed by atoms with Gasteiger partial charge >= 0.3 is 0 Å². The average Bonchev–Trinajstić information content (AvgIpc) is 2.85. The number of benzene rings is 2. The maximum absolute atomic E-state index is 13.4. The van der Waals surface area contributed by atoms with E-state index in [0.29, 0.717) is 5.75 Å². The molecule has 0 atom stereocenters. The van der Waals surface area contributed by atoms with E-state index in [1.54, 1.807) is 13.2 Å². The van der Waals surface area contributed by atoms with Crippen LogP contribution in [0.4, 0.5) is 10.1 Å². The largest absolute Gasteiger partial charge is 0.496 e. The van der Waals surface area contributed by atoms with E-state index in [1.165, 1.54) is 23.4 Å². The van der Waals surface area contributed by atoms with E-state index in [9.17, 15) is 4.39 Å². The van der Waals surface area contributed by atoms with Crippen LogP contribution < -0.4 is 10.1 Å². The SMILES string of the molecule is COc1ccc(F)cc1-c1ccc2c(c1)CCN2. The van der Waals surface area contributed by atoms with E-state index in [2.05, 4.69) is 11.4 Å². The number of rotatable bonds is 2. The van der Waals surface area contributed by atoms with Crippen molar-refractivity contribution >= 4 is 5.69 Å². The van der Waals surface area contributed by atoms with Crippen molar-refractivity contribution < 1.29 is 9.13 Å². The van der Waals surface area contributed by atoms with Crippen LogP contribution in [0.25, 0.3) is 11.1 Å². The summed E-state index contributed by atoms with van der Waals surface area (Å²) in [6.45, 7) is 0.971. The van der Waals surface area contributed by atoms with Gasteiger partial charge in [0.05, 0.1) is 7.11 Å². The smallest absolute Gasteiger partial charge is 0.126 e. The maximum Gasteiger partial charge on any atom is 0.126 e. The molecular weight excluding hydrogens is 229 g/mol. The van der Waals surface area contributed by atoms with Crippen molar-refractivity contribution in [2.24, 2.45) is 0 Å². The first-order valence-corrected chi connectivity index (χ1v) is 5.98. The van der Waals surface area contributed by atoms with Crippen molar-refractivity contribution in [1.82, 2.24) is 0 Å². The van der Waals surface area contributed by atoms with Crippen molar-refractivity contribution in [1.29, 1.82) is 0 Å². The summed E-state index contributed by atoms with van der Waals surface area (Å²) < 4.78 is 18.7. The molecule has 3 rings (SSSR count). The van der Waals surface area contributed by atoms with Crippen LogP contribution in [0.15, 0.2) is 36.4 Å². The Kier molecular flexibility index (Phi) is 2.67. The summed E-state index contributed by atoms with van der Waals surface area (Å²) in [6, 6.07) is 10.7. The van der Waals surface area contributed by atoms with Gasteiger partial charge in [-0.15, -0.1) is 0 Å². The Labute approximate surface area is 105 Å². The lowest BCUT2D eigenvalue weighted by Crippen LogP contribution is -1.91. The molecule has 1 heterocycles.